The molecule has 5 nitrogen and oxygen atoms in total. The van der Waals surface area contributed by atoms with E-state index in [2.05, 4.69) is 60.4 Å². The molecular weight excluding hydrogens is 386 g/mol. The molecule has 31 heavy (non-hydrogen) atoms. The molecule has 2 heterocycles. The number of hydrogen-bond donors (Lipinski definition) is 1. The van der Waals surface area contributed by atoms with Crippen LogP contribution in [0.5, 0.6) is 0 Å². The second-order valence-electron chi connectivity index (χ2n) is 8.68. The van der Waals surface area contributed by atoms with Gasteiger partial charge in [-0.25, -0.2) is 0 Å². The molecule has 1 unspecified atom stereocenters. The fourth-order valence-corrected chi connectivity index (χ4v) is 4.91. The average Bonchev–Trinajstić information content (AvgIpc) is 3.33. The highest BCUT2D eigenvalue weighted by molar-refractivity contribution is 6.13. The van der Waals surface area contributed by atoms with E-state index >= 15 is 0 Å². The standard InChI is InChI=1S/C26H25N3O2/c1-25(2)21-11-7-8-12-23(21)29(3)26(25)17-22(28-31-26)18-13-15-20(16-14-18)24(27-30)19-9-5-4-6-10-19/h4-16,30H,17H2,1-3H3/b27-24-. The lowest BCUT2D eigenvalue weighted by Gasteiger charge is -2.40. The molecule has 3 aromatic rings. The Balaban J connectivity index is 1.42. The molecule has 0 saturated heterocycles. The van der Waals surface area contributed by atoms with Crippen molar-refractivity contribution in [1.82, 2.24) is 0 Å². The van der Waals surface area contributed by atoms with Crippen molar-refractivity contribution in [2.24, 2.45) is 10.3 Å². The van der Waals surface area contributed by atoms with E-state index in [0.29, 0.717) is 12.1 Å². The Labute approximate surface area is 182 Å². The van der Waals surface area contributed by atoms with E-state index in [1.54, 1.807) is 0 Å². The SMILES string of the molecule is CN1c2ccccc2C(C)(C)C12CC(c1ccc(/C(=N\O)c3ccccc3)cc1)=NO2. The smallest absolute Gasteiger partial charge is 0.224 e. The highest BCUT2D eigenvalue weighted by Gasteiger charge is 2.61. The summed E-state index contributed by atoms with van der Waals surface area (Å²) in [4.78, 5) is 8.42. The molecule has 0 amide bonds. The highest BCUT2D eigenvalue weighted by atomic mass is 16.7. The van der Waals surface area contributed by atoms with Crippen LogP contribution in [0.15, 0.2) is 89.2 Å². The van der Waals surface area contributed by atoms with Crippen molar-refractivity contribution in [2.75, 3.05) is 11.9 Å². The van der Waals surface area contributed by atoms with Crippen molar-refractivity contribution in [1.29, 1.82) is 0 Å². The number of benzene rings is 3. The van der Waals surface area contributed by atoms with Crippen molar-refractivity contribution in [2.45, 2.75) is 31.4 Å². The zero-order valence-electron chi connectivity index (χ0n) is 17.9. The average molecular weight is 412 g/mol. The number of likely N-dealkylation sites (N-methyl/N-ethyl adjacent to an activating group) is 1. The summed E-state index contributed by atoms with van der Waals surface area (Å²) in [6.45, 7) is 4.45. The van der Waals surface area contributed by atoms with Gasteiger partial charge in [0.1, 0.15) is 5.71 Å². The predicted molar refractivity (Wildman–Crippen MR) is 123 cm³/mol. The summed E-state index contributed by atoms with van der Waals surface area (Å²) >= 11 is 0. The van der Waals surface area contributed by atoms with E-state index in [1.165, 1.54) is 11.3 Å². The van der Waals surface area contributed by atoms with Gasteiger partial charge >= 0.3 is 0 Å². The summed E-state index contributed by atoms with van der Waals surface area (Å²) in [5.74, 6) is 0. The summed E-state index contributed by atoms with van der Waals surface area (Å²) in [6.07, 6.45) is 0.685. The normalized spacial score (nSPS) is 21.7. The van der Waals surface area contributed by atoms with Gasteiger partial charge in [0.05, 0.1) is 17.5 Å². The molecule has 0 aromatic heterocycles. The van der Waals surface area contributed by atoms with Gasteiger partial charge in [-0.05, 0) is 31.0 Å². The molecule has 1 spiro atoms. The molecule has 2 aliphatic heterocycles. The molecule has 156 valence electrons. The van der Waals surface area contributed by atoms with E-state index in [1.807, 2.05) is 54.6 Å². The van der Waals surface area contributed by atoms with Crippen molar-refractivity contribution < 1.29 is 10.0 Å². The summed E-state index contributed by atoms with van der Waals surface area (Å²) in [7, 11) is 2.08. The number of para-hydroxylation sites is 1. The molecule has 2 aliphatic rings. The van der Waals surface area contributed by atoms with E-state index in [9.17, 15) is 5.21 Å². The number of nitrogens with zero attached hydrogens (tertiary/aromatic N) is 3. The molecule has 0 bridgehead atoms. The number of rotatable bonds is 3. The van der Waals surface area contributed by atoms with E-state index in [-0.39, 0.29) is 5.41 Å². The lowest BCUT2D eigenvalue weighted by atomic mass is 9.75. The van der Waals surface area contributed by atoms with Gasteiger partial charge < -0.3 is 14.9 Å². The molecule has 1 atom stereocenters. The van der Waals surface area contributed by atoms with Crippen molar-refractivity contribution in [3.05, 3.63) is 101 Å². The summed E-state index contributed by atoms with van der Waals surface area (Å²) in [6, 6.07) is 26.1. The van der Waals surface area contributed by atoms with Gasteiger partial charge in [0, 0.05) is 23.9 Å². The molecule has 0 aliphatic carbocycles. The van der Waals surface area contributed by atoms with Crippen LogP contribution < -0.4 is 4.90 Å². The molecule has 0 radical (unpaired) electrons. The molecule has 3 aromatic carbocycles. The zero-order chi connectivity index (χ0) is 21.6. The number of fused-ring (bicyclic) bond motifs is 1. The van der Waals surface area contributed by atoms with E-state index in [0.717, 1.165) is 22.4 Å². The molecule has 0 saturated carbocycles. The number of hydrogen-bond acceptors (Lipinski definition) is 5. The van der Waals surface area contributed by atoms with E-state index < -0.39 is 5.72 Å². The first-order chi connectivity index (χ1) is 15.0. The lowest BCUT2D eigenvalue weighted by molar-refractivity contribution is -0.0591. The topological polar surface area (TPSA) is 57.4 Å². The lowest BCUT2D eigenvalue weighted by Crippen LogP contribution is -2.54. The first-order valence-electron chi connectivity index (χ1n) is 10.4. The molecular formula is C26H25N3O2. The molecule has 0 fully saturated rings. The van der Waals surface area contributed by atoms with Crippen LogP contribution in [-0.2, 0) is 10.3 Å². The first kappa shape index (κ1) is 19.4. The number of oxime groups is 2. The van der Waals surface area contributed by atoms with Crippen molar-refractivity contribution in [3.8, 4) is 0 Å². The predicted octanol–water partition coefficient (Wildman–Crippen LogP) is 5.16. The highest BCUT2D eigenvalue weighted by Crippen LogP contribution is 2.55. The van der Waals surface area contributed by atoms with Crippen LogP contribution >= 0.6 is 0 Å². The third-order valence-electron chi connectivity index (χ3n) is 6.81. The fourth-order valence-electron chi connectivity index (χ4n) is 4.91. The zero-order valence-corrected chi connectivity index (χ0v) is 17.9. The van der Waals surface area contributed by atoms with Crippen LogP contribution in [0.1, 0.15) is 42.5 Å². The van der Waals surface area contributed by atoms with Crippen molar-refractivity contribution in [3.63, 3.8) is 0 Å². The monoisotopic (exact) mass is 411 g/mol. The van der Waals surface area contributed by atoms with Gasteiger partial charge in [-0.3, -0.25) is 0 Å². The minimum absolute atomic E-state index is 0.215. The van der Waals surface area contributed by atoms with Crippen LogP contribution in [0.3, 0.4) is 0 Å². The van der Waals surface area contributed by atoms with Gasteiger partial charge in [0.2, 0.25) is 5.72 Å². The molecule has 5 rings (SSSR count). The van der Waals surface area contributed by atoms with Gasteiger partial charge in [-0.15, -0.1) is 0 Å². The quantitative estimate of drug-likeness (QED) is 0.368. The van der Waals surface area contributed by atoms with Crippen LogP contribution in [0, 0.1) is 0 Å². The van der Waals surface area contributed by atoms with Crippen LogP contribution in [-0.4, -0.2) is 29.4 Å². The summed E-state index contributed by atoms with van der Waals surface area (Å²) < 4.78 is 0. The third-order valence-corrected chi connectivity index (χ3v) is 6.81. The van der Waals surface area contributed by atoms with Crippen LogP contribution in [0.4, 0.5) is 5.69 Å². The Bertz CT molecular complexity index is 1180. The Hall–Kier alpha value is -3.60. The third kappa shape index (κ3) is 2.76. The molecule has 1 N–H and O–H groups in total. The van der Waals surface area contributed by atoms with Crippen LogP contribution in [0.25, 0.3) is 0 Å². The minimum atomic E-state index is -0.549. The Morgan fingerprint density at radius 2 is 1.58 bits per heavy atom. The maximum absolute atomic E-state index is 9.56. The van der Waals surface area contributed by atoms with Gasteiger partial charge in [-0.1, -0.05) is 83.1 Å². The van der Waals surface area contributed by atoms with Gasteiger partial charge in [-0.2, -0.15) is 0 Å². The Morgan fingerprint density at radius 1 is 0.935 bits per heavy atom. The second-order valence-corrected chi connectivity index (χ2v) is 8.68. The Kier molecular flexibility index (Phi) is 4.36. The fraction of sp³-hybridized carbons (Fsp3) is 0.231. The van der Waals surface area contributed by atoms with E-state index in [4.69, 9.17) is 4.84 Å². The summed E-state index contributed by atoms with van der Waals surface area (Å²) in [5.41, 5.74) is 5.87. The minimum Gasteiger partial charge on any atom is -0.410 e. The van der Waals surface area contributed by atoms with Gasteiger partial charge in [0.15, 0.2) is 0 Å². The second kappa shape index (κ2) is 6.98. The largest absolute Gasteiger partial charge is 0.410 e. The van der Waals surface area contributed by atoms with Crippen LogP contribution in [0.2, 0.25) is 0 Å². The Morgan fingerprint density at radius 3 is 2.26 bits per heavy atom. The van der Waals surface area contributed by atoms with Gasteiger partial charge in [0.25, 0.3) is 0 Å². The maximum atomic E-state index is 9.56. The number of anilines is 1. The first-order valence-corrected chi connectivity index (χ1v) is 10.4. The summed E-state index contributed by atoms with van der Waals surface area (Å²) in [5, 5.41) is 17.6. The molecule has 5 heteroatoms. The maximum Gasteiger partial charge on any atom is 0.224 e. The van der Waals surface area contributed by atoms with Crippen molar-refractivity contribution >= 4 is 17.1 Å².